The van der Waals surface area contributed by atoms with E-state index in [1.165, 1.54) is 0 Å². The quantitative estimate of drug-likeness (QED) is 0.900. The fourth-order valence-electron chi connectivity index (χ4n) is 3.03. The van der Waals surface area contributed by atoms with E-state index in [1.807, 2.05) is 53.4 Å². The zero-order chi connectivity index (χ0) is 18.4. The van der Waals surface area contributed by atoms with Crippen LogP contribution < -0.4 is 10.2 Å². The van der Waals surface area contributed by atoms with E-state index >= 15 is 0 Å². The van der Waals surface area contributed by atoms with E-state index in [-0.39, 0.29) is 6.03 Å². The SMILES string of the molecule is N#Cc1ccc(N2CCN(C(=O)NCCc3cccc(Cl)c3)CC2)cc1. The fraction of sp³-hybridized carbons (Fsp3) is 0.300. The van der Waals surface area contributed by atoms with E-state index in [0.717, 1.165) is 30.8 Å². The van der Waals surface area contributed by atoms with Crippen molar-refractivity contribution in [2.75, 3.05) is 37.6 Å². The Balaban J connectivity index is 1.43. The van der Waals surface area contributed by atoms with Crippen LogP contribution in [0.4, 0.5) is 10.5 Å². The number of nitriles is 1. The van der Waals surface area contributed by atoms with Gasteiger partial charge in [0.1, 0.15) is 0 Å². The van der Waals surface area contributed by atoms with Gasteiger partial charge >= 0.3 is 6.03 Å². The molecule has 0 radical (unpaired) electrons. The van der Waals surface area contributed by atoms with Gasteiger partial charge in [-0.25, -0.2) is 4.79 Å². The maximum absolute atomic E-state index is 12.3. The first-order valence-electron chi connectivity index (χ1n) is 8.68. The van der Waals surface area contributed by atoms with Crippen molar-refractivity contribution in [1.29, 1.82) is 5.26 Å². The molecule has 5 nitrogen and oxygen atoms in total. The number of halogens is 1. The minimum Gasteiger partial charge on any atom is -0.368 e. The molecular formula is C20H21ClN4O. The van der Waals surface area contributed by atoms with Gasteiger partial charge in [-0.15, -0.1) is 0 Å². The first-order chi connectivity index (χ1) is 12.7. The van der Waals surface area contributed by atoms with Crippen molar-refractivity contribution in [2.24, 2.45) is 0 Å². The molecule has 6 heteroatoms. The molecule has 1 fully saturated rings. The third-order valence-electron chi connectivity index (χ3n) is 4.51. The summed E-state index contributed by atoms with van der Waals surface area (Å²) in [5.41, 5.74) is 2.86. The minimum atomic E-state index is -0.0218. The van der Waals surface area contributed by atoms with Crippen molar-refractivity contribution in [2.45, 2.75) is 6.42 Å². The van der Waals surface area contributed by atoms with E-state index < -0.39 is 0 Å². The summed E-state index contributed by atoms with van der Waals surface area (Å²) in [7, 11) is 0. The Morgan fingerprint density at radius 1 is 1.12 bits per heavy atom. The lowest BCUT2D eigenvalue weighted by Gasteiger charge is -2.36. The predicted octanol–water partition coefficient (Wildman–Crippen LogP) is 3.29. The van der Waals surface area contributed by atoms with Gasteiger partial charge in [-0.05, 0) is 48.4 Å². The Labute approximate surface area is 158 Å². The van der Waals surface area contributed by atoms with Crippen molar-refractivity contribution in [1.82, 2.24) is 10.2 Å². The fourth-order valence-corrected chi connectivity index (χ4v) is 3.25. The van der Waals surface area contributed by atoms with E-state index in [4.69, 9.17) is 16.9 Å². The number of piperazine rings is 1. The van der Waals surface area contributed by atoms with Crippen molar-refractivity contribution >= 4 is 23.3 Å². The molecular weight excluding hydrogens is 348 g/mol. The molecule has 0 aliphatic carbocycles. The number of carbonyl (C=O) groups excluding carboxylic acids is 1. The topological polar surface area (TPSA) is 59.4 Å². The van der Waals surface area contributed by atoms with Crippen molar-refractivity contribution in [3.8, 4) is 6.07 Å². The van der Waals surface area contributed by atoms with Gasteiger partial charge in [0.2, 0.25) is 0 Å². The first-order valence-corrected chi connectivity index (χ1v) is 9.06. The molecule has 26 heavy (non-hydrogen) atoms. The average Bonchev–Trinajstić information content (AvgIpc) is 2.68. The third kappa shape index (κ3) is 4.68. The Morgan fingerprint density at radius 3 is 2.50 bits per heavy atom. The highest BCUT2D eigenvalue weighted by molar-refractivity contribution is 6.30. The van der Waals surface area contributed by atoms with E-state index in [9.17, 15) is 4.79 Å². The number of nitrogens with one attached hydrogen (secondary N) is 1. The van der Waals surface area contributed by atoms with Crippen LogP contribution in [-0.4, -0.2) is 43.7 Å². The number of nitrogens with zero attached hydrogens (tertiary/aromatic N) is 3. The second-order valence-electron chi connectivity index (χ2n) is 6.24. The maximum atomic E-state index is 12.3. The molecule has 1 aliphatic heterocycles. The lowest BCUT2D eigenvalue weighted by Crippen LogP contribution is -2.52. The van der Waals surface area contributed by atoms with Crippen molar-refractivity contribution in [3.05, 3.63) is 64.7 Å². The largest absolute Gasteiger partial charge is 0.368 e. The number of urea groups is 1. The number of anilines is 1. The molecule has 0 unspecified atom stereocenters. The third-order valence-corrected chi connectivity index (χ3v) is 4.74. The first kappa shape index (κ1) is 18.1. The standard InChI is InChI=1S/C20H21ClN4O/c21-18-3-1-2-16(14-18)8-9-23-20(26)25-12-10-24(11-13-25)19-6-4-17(15-22)5-7-19/h1-7,14H,8-13H2,(H,23,26). The average molecular weight is 369 g/mol. The molecule has 2 aromatic carbocycles. The summed E-state index contributed by atoms with van der Waals surface area (Å²) in [6.45, 7) is 3.53. The number of hydrogen-bond acceptors (Lipinski definition) is 3. The van der Waals surface area contributed by atoms with Crippen molar-refractivity contribution in [3.63, 3.8) is 0 Å². The number of rotatable bonds is 4. The molecule has 3 rings (SSSR count). The highest BCUT2D eigenvalue weighted by atomic mass is 35.5. The minimum absolute atomic E-state index is 0.0218. The normalized spacial score (nSPS) is 14.0. The Kier molecular flexibility index (Phi) is 5.98. The molecule has 1 saturated heterocycles. The summed E-state index contributed by atoms with van der Waals surface area (Å²) < 4.78 is 0. The summed E-state index contributed by atoms with van der Waals surface area (Å²) in [5.74, 6) is 0. The molecule has 1 heterocycles. The molecule has 0 bridgehead atoms. The van der Waals surface area contributed by atoms with Crippen LogP contribution in [0, 0.1) is 11.3 Å². The Bertz CT molecular complexity index is 792. The van der Waals surface area contributed by atoms with Gasteiger partial charge < -0.3 is 15.1 Å². The monoisotopic (exact) mass is 368 g/mol. The molecule has 2 amide bonds. The lowest BCUT2D eigenvalue weighted by molar-refractivity contribution is 0.194. The van der Waals surface area contributed by atoms with E-state index in [0.29, 0.717) is 30.2 Å². The zero-order valence-electron chi connectivity index (χ0n) is 14.5. The molecule has 134 valence electrons. The lowest BCUT2D eigenvalue weighted by atomic mass is 10.1. The van der Waals surface area contributed by atoms with E-state index in [2.05, 4.69) is 16.3 Å². The van der Waals surface area contributed by atoms with Gasteiger partial charge in [-0.1, -0.05) is 23.7 Å². The van der Waals surface area contributed by atoms with Crippen LogP contribution in [0.3, 0.4) is 0 Å². The van der Waals surface area contributed by atoms with Gasteiger partial charge in [0, 0.05) is 43.4 Å². The van der Waals surface area contributed by atoms with Crippen LogP contribution in [0.25, 0.3) is 0 Å². The molecule has 0 spiro atoms. The van der Waals surface area contributed by atoms with Crippen LogP contribution in [0.1, 0.15) is 11.1 Å². The summed E-state index contributed by atoms with van der Waals surface area (Å²) in [6, 6.07) is 17.4. The van der Waals surface area contributed by atoms with Gasteiger partial charge in [0.05, 0.1) is 11.6 Å². The number of amides is 2. The van der Waals surface area contributed by atoms with Crippen LogP contribution in [0.5, 0.6) is 0 Å². The highest BCUT2D eigenvalue weighted by Gasteiger charge is 2.20. The van der Waals surface area contributed by atoms with Crippen LogP contribution >= 0.6 is 11.6 Å². The summed E-state index contributed by atoms with van der Waals surface area (Å²) in [6.07, 6.45) is 0.761. The number of benzene rings is 2. The molecule has 2 aromatic rings. The molecule has 0 aromatic heterocycles. The Morgan fingerprint density at radius 2 is 1.85 bits per heavy atom. The number of carbonyl (C=O) groups is 1. The predicted molar refractivity (Wildman–Crippen MR) is 103 cm³/mol. The van der Waals surface area contributed by atoms with Gasteiger partial charge in [0.15, 0.2) is 0 Å². The van der Waals surface area contributed by atoms with Crippen LogP contribution in [0.2, 0.25) is 5.02 Å². The molecule has 0 saturated carbocycles. The molecule has 1 aliphatic rings. The van der Waals surface area contributed by atoms with Gasteiger partial charge in [-0.2, -0.15) is 5.26 Å². The Hall–Kier alpha value is -2.71. The second kappa shape index (κ2) is 8.59. The summed E-state index contributed by atoms with van der Waals surface area (Å²) >= 11 is 5.97. The maximum Gasteiger partial charge on any atom is 0.317 e. The van der Waals surface area contributed by atoms with Gasteiger partial charge in [-0.3, -0.25) is 0 Å². The van der Waals surface area contributed by atoms with Crippen molar-refractivity contribution < 1.29 is 4.79 Å². The number of hydrogen-bond donors (Lipinski definition) is 1. The van der Waals surface area contributed by atoms with Gasteiger partial charge in [0.25, 0.3) is 0 Å². The summed E-state index contributed by atoms with van der Waals surface area (Å²) in [5, 5.41) is 12.6. The summed E-state index contributed by atoms with van der Waals surface area (Å²) in [4.78, 5) is 16.4. The smallest absolute Gasteiger partial charge is 0.317 e. The van der Waals surface area contributed by atoms with Crippen LogP contribution in [-0.2, 0) is 6.42 Å². The molecule has 1 N–H and O–H groups in total. The zero-order valence-corrected chi connectivity index (χ0v) is 15.2. The van der Waals surface area contributed by atoms with E-state index in [1.54, 1.807) is 0 Å². The highest BCUT2D eigenvalue weighted by Crippen LogP contribution is 2.17. The molecule has 0 atom stereocenters. The van der Waals surface area contributed by atoms with Crippen LogP contribution in [0.15, 0.2) is 48.5 Å². The second-order valence-corrected chi connectivity index (χ2v) is 6.68.